The van der Waals surface area contributed by atoms with Gasteiger partial charge in [-0.25, -0.2) is 0 Å². The first-order chi connectivity index (χ1) is 9.65. The molecule has 0 radical (unpaired) electrons. The summed E-state index contributed by atoms with van der Waals surface area (Å²) in [6, 6.07) is 9.60. The molecule has 0 aliphatic heterocycles. The van der Waals surface area contributed by atoms with Gasteiger partial charge in [-0.05, 0) is 12.1 Å². The van der Waals surface area contributed by atoms with Crippen molar-refractivity contribution in [2.24, 2.45) is 0 Å². The maximum atomic E-state index is 9.06. The van der Waals surface area contributed by atoms with Gasteiger partial charge >= 0.3 is 0 Å². The van der Waals surface area contributed by atoms with Crippen LogP contribution in [0.2, 0.25) is 0 Å². The van der Waals surface area contributed by atoms with Crippen molar-refractivity contribution in [2.45, 2.75) is 6.54 Å². The number of anilines is 2. The second-order valence-corrected chi connectivity index (χ2v) is 5.40. The van der Waals surface area contributed by atoms with Gasteiger partial charge in [0.05, 0.1) is 29.8 Å². The molecule has 1 N–H and O–H groups in total. The van der Waals surface area contributed by atoms with Crippen molar-refractivity contribution >= 4 is 22.2 Å². The predicted octanol–water partition coefficient (Wildman–Crippen LogP) is 2.70. The molecule has 104 valence electrons. The largest absolute Gasteiger partial charge is 0.480 e. The summed E-state index contributed by atoms with van der Waals surface area (Å²) in [6.45, 7) is 0.577. The molecule has 1 aromatic carbocycles. The average molecular weight is 288 g/mol. The van der Waals surface area contributed by atoms with E-state index in [4.69, 9.17) is 10.00 Å². The third-order valence-corrected chi connectivity index (χ3v) is 3.92. The SMILES string of the molecule is COc1nc(N(C)C)sc1CNc1ccccc1C#N. The molecular formula is C14H16N4OS. The number of hydrogen-bond acceptors (Lipinski definition) is 6. The molecule has 0 bridgehead atoms. The second-order valence-electron chi connectivity index (χ2n) is 4.33. The van der Waals surface area contributed by atoms with Crippen molar-refractivity contribution in [2.75, 3.05) is 31.4 Å². The number of nitrogens with zero attached hydrogens (tertiary/aromatic N) is 3. The highest BCUT2D eigenvalue weighted by atomic mass is 32.1. The molecule has 0 atom stereocenters. The first kappa shape index (κ1) is 14.2. The Morgan fingerprint density at radius 3 is 2.80 bits per heavy atom. The predicted molar refractivity (Wildman–Crippen MR) is 81.5 cm³/mol. The number of thiazole rings is 1. The highest BCUT2D eigenvalue weighted by Gasteiger charge is 2.13. The van der Waals surface area contributed by atoms with Crippen LogP contribution in [0.1, 0.15) is 10.4 Å². The fourth-order valence-electron chi connectivity index (χ4n) is 1.70. The summed E-state index contributed by atoms with van der Waals surface area (Å²) in [4.78, 5) is 7.35. The Bertz CT molecular complexity index is 630. The van der Waals surface area contributed by atoms with Crippen LogP contribution in [-0.4, -0.2) is 26.2 Å². The summed E-state index contributed by atoms with van der Waals surface area (Å²) >= 11 is 1.57. The molecule has 2 rings (SSSR count). The van der Waals surface area contributed by atoms with Crippen LogP contribution in [0.4, 0.5) is 10.8 Å². The molecule has 0 spiro atoms. The monoisotopic (exact) mass is 288 g/mol. The van der Waals surface area contributed by atoms with E-state index in [9.17, 15) is 0 Å². The van der Waals surface area contributed by atoms with Crippen molar-refractivity contribution in [3.05, 3.63) is 34.7 Å². The summed E-state index contributed by atoms with van der Waals surface area (Å²) in [6.07, 6.45) is 0. The second kappa shape index (κ2) is 6.26. The van der Waals surface area contributed by atoms with Gasteiger partial charge in [0.15, 0.2) is 5.13 Å². The molecule has 0 fully saturated rings. The fraction of sp³-hybridized carbons (Fsp3) is 0.286. The highest BCUT2D eigenvalue weighted by molar-refractivity contribution is 7.15. The van der Waals surface area contributed by atoms with Crippen molar-refractivity contribution < 1.29 is 4.74 Å². The number of para-hydroxylation sites is 1. The summed E-state index contributed by atoms with van der Waals surface area (Å²) in [5, 5.41) is 13.2. The van der Waals surface area contributed by atoms with E-state index in [1.807, 2.05) is 37.2 Å². The molecule has 0 amide bonds. The van der Waals surface area contributed by atoms with E-state index >= 15 is 0 Å². The van der Waals surface area contributed by atoms with E-state index in [2.05, 4.69) is 16.4 Å². The Morgan fingerprint density at radius 1 is 1.40 bits per heavy atom. The van der Waals surface area contributed by atoms with Crippen molar-refractivity contribution in [3.8, 4) is 11.9 Å². The molecular weight excluding hydrogens is 272 g/mol. The third kappa shape index (κ3) is 3.00. The van der Waals surface area contributed by atoms with E-state index in [1.165, 1.54) is 0 Å². The maximum Gasteiger partial charge on any atom is 0.231 e. The van der Waals surface area contributed by atoms with Crippen molar-refractivity contribution in [1.29, 1.82) is 5.26 Å². The Morgan fingerprint density at radius 2 is 2.15 bits per heavy atom. The zero-order chi connectivity index (χ0) is 14.5. The van der Waals surface area contributed by atoms with E-state index in [0.29, 0.717) is 18.0 Å². The molecule has 0 saturated heterocycles. The number of nitriles is 1. The Labute approximate surface area is 122 Å². The number of aromatic nitrogens is 1. The van der Waals surface area contributed by atoms with Crippen LogP contribution in [0.25, 0.3) is 0 Å². The number of rotatable bonds is 5. The fourth-order valence-corrected chi connectivity index (χ4v) is 2.59. The van der Waals surface area contributed by atoms with Crippen LogP contribution in [0.15, 0.2) is 24.3 Å². The third-order valence-electron chi connectivity index (χ3n) is 2.71. The van der Waals surface area contributed by atoms with Crippen LogP contribution in [0.5, 0.6) is 5.88 Å². The van der Waals surface area contributed by atoms with Crippen LogP contribution >= 0.6 is 11.3 Å². The molecule has 0 aliphatic rings. The molecule has 0 unspecified atom stereocenters. The lowest BCUT2D eigenvalue weighted by atomic mass is 10.2. The molecule has 0 saturated carbocycles. The van der Waals surface area contributed by atoms with Crippen LogP contribution < -0.4 is 15.0 Å². The lowest BCUT2D eigenvalue weighted by Crippen LogP contribution is -2.07. The van der Waals surface area contributed by atoms with Gasteiger partial charge in [-0.2, -0.15) is 10.2 Å². The summed E-state index contributed by atoms with van der Waals surface area (Å²) in [7, 11) is 5.50. The van der Waals surface area contributed by atoms with Gasteiger partial charge in [0, 0.05) is 14.1 Å². The van der Waals surface area contributed by atoms with E-state index in [0.717, 1.165) is 15.7 Å². The van der Waals surface area contributed by atoms with E-state index < -0.39 is 0 Å². The first-order valence-corrected chi connectivity index (χ1v) is 6.91. The topological polar surface area (TPSA) is 61.2 Å². The van der Waals surface area contributed by atoms with Gasteiger partial charge in [0.25, 0.3) is 0 Å². The molecule has 6 heteroatoms. The highest BCUT2D eigenvalue weighted by Crippen LogP contribution is 2.31. The number of hydrogen-bond donors (Lipinski definition) is 1. The van der Waals surface area contributed by atoms with Crippen molar-refractivity contribution in [3.63, 3.8) is 0 Å². The Kier molecular flexibility index (Phi) is 4.43. The summed E-state index contributed by atoms with van der Waals surface area (Å²) in [5.74, 6) is 0.626. The molecule has 0 aliphatic carbocycles. The lowest BCUT2D eigenvalue weighted by Gasteiger charge is -2.07. The molecule has 2 aromatic rings. The Balaban J connectivity index is 2.16. The minimum absolute atomic E-state index is 0.577. The van der Waals surface area contributed by atoms with Gasteiger partial charge in [0.1, 0.15) is 6.07 Å². The normalized spacial score (nSPS) is 9.90. The zero-order valence-electron chi connectivity index (χ0n) is 11.7. The number of benzene rings is 1. The minimum Gasteiger partial charge on any atom is -0.480 e. The van der Waals surface area contributed by atoms with E-state index in [-0.39, 0.29) is 0 Å². The molecule has 1 aromatic heterocycles. The minimum atomic E-state index is 0.577. The van der Waals surface area contributed by atoms with Gasteiger partial charge in [0.2, 0.25) is 5.88 Å². The number of methoxy groups -OCH3 is 1. The van der Waals surface area contributed by atoms with Gasteiger partial charge < -0.3 is 15.0 Å². The summed E-state index contributed by atoms with van der Waals surface area (Å²) in [5.41, 5.74) is 1.45. The smallest absolute Gasteiger partial charge is 0.231 e. The quantitative estimate of drug-likeness (QED) is 0.916. The van der Waals surface area contributed by atoms with Gasteiger partial charge in [-0.15, -0.1) is 0 Å². The molecule has 1 heterocycles. The van der Waals surface area contributed by atoms with Crippen molar-refractivity contribution in [1.82, 2.24) is 4.98 Å². The van der Waals surface area contributed by atoms with E-state index in [1.54, 1.807) is 24.5 Å². The average Bonchev–Trinajstić information content (AvgIpc) is 2.89. The number of nitrogens with one attached hydrogen (secondary N) is 1. The lowest BCUT2D eigenvalue weighted by molar-refractivity contribution is 0.397. The maximum absolute atomic E-state index is 9.06. The van der Waals surface area contributed by atoms with Crippen LogP contribution in [-0.2, 0) is 6.54 Å². The molecule has 5 nitrogen and oxygen atoms in total. The first-order valence-electron chi connectivity index (χ1n) is 6.09. The van der Waals surface area contributed by atoms with Gasteiger partial charge in [-0.1, -0.05) is 23.5 Å². The van der Waals surface area contributed by atoms with Crippen LogP contribution in [0, 0.1) is 11.3 Å². The zero-order valence-corrected chi connectivity index (χ0v) is 12.5. The van der Waals surface area contributed by atoms with Crippen LogP contribution in [0.3, 0.4) is 0 Å². The molecule has 20 heavy (non-hydrogen) atoms. The number of ether oxygens (including phenoxy) is 1. The Hall–Kier alpha value is -2.26. The summed E-state index contributed by atoms with van der Waals surface area (Å²) < 4.78 is 5.29. The van der Waals surface area contributed by atoms with Gasteiger partial charge in [-0.3, -0.25) is 0 Å². The standard InChI is InChI=1S/C14H16N4OS/c1-18(2)14-17-13(19-3)12(20-14)9-16-11-7-5-4-6-10(11)8-15/h4-7,16H,9H2,1-3H3.